The van der Waals surface area contributed by atoms with Gasteiger partial charge in [0, 0.05) is 37.7 Å². The Morgan fingerprint density at radius 2 is 1.84 bits per heavy atom. The minimum atomic E-state index is -0.389. The second kappa shape index (κ2) is 6.63. The number of amides is 1. The van der Waals surface area contributed by atoms with Crippen LogP contribution in [0.1, 0.15) is 44.6 Å². The average molecular weight is 343 g/mol. The number of carbonyl (C=O) groups is 1. The molecule has 1 saturated carbocycles. The predicted molar refractivity (Wildman–Crippen MR) is 94.0 cm³/mol. The number of hydrogen-bond acceptors (Lipinski definition) is 5. The van der Waals surface area contributed by atoms with Gasteiger partial charge in [0.1, 0.15) is 5.52 Å². The van der Waals surface area contributed by atoms with Crippen LogP contribution >= 0.6 is 0 Å². The normalized spacial score (nSPS) is 25.4. The van der Waals surface area contributed by atoms with Gasteiger partial charge in [-0.25, -0.2) is 4.98 Å². The maximum absolute atomic E-state index is 12.5. The van der Waals surface area contributed by atoms with Gasteiger partial charge in [0.25, 0.3) is 0 Å². The highest BCUT2D eigenvalue weighted by molar-refractivity contribution is 5.82. The first-order valence-corrected chi connectivity index (χ1v) is 9.20. The summed E-state index contributed by atoms with van der Waals surface area (Å²) in [5.74, 6) is 0.528. The molecular weight excluding hydrogens is 318 g/mol. The third kappa shape index (κ3) is 2.97. The average Bonchev–Trinajstić information content (AvgIpc) is 3.30. The molecule has 0 aromatic carbocycles. The van der Waals surface area contributed by atoms with E-state index in [0.717, 1.165) is 51.6 Å². The molecule has 1 amide bonds. The molecule has 2 aromatic heterocycles. The van der Waals surface area contributed by atoms with E-state index in [2.05, 4.69) is 9.97 Å². The lowest BCUT2D eigenvalue weighted by Gasteiger charge is -2.33. The van der Waals surface area contributed by atoms with Crippen molar-refractivity contribution in [1.29, 1.82) is 0 Å². The summed E-state index contributed by atoms with van der Waals surface area (Å²) in [4.78, 5) is 22.9. The topological polar surface area (TPSA) is 97.3 Å². The van der Waals surface area contributed by atoms with Gasteiger partial charge in [-0.15, -0.1) is 0 Å². The van der Waals surface area contributed by atoms with Crippen molar-refractivity contribution in [2.75, 3.05) is 13.1 Å². The Morgan fingerprint density at radius 1 is 1.16 bits per heavy atom. The Hall–Kier alpha value is -2.15. The van der Waals surface area contributed by atoms with E-state index in [1.165, 1.54) is 0 Å². The third-order valence-corrected chi connectivity index (χ3v) is 5.79. The molecule has 1 saturated heterocycles. The molecule has 1 unspecified atom stereocenters. The van der Waals surface area contributed by atoms with E-state index in [4.69, 9.17) is 5.73 Å². The smallest absolute Gasteiger partial charge is 0.239 e. The van der Waals surface area contributed by atoms with Crippen molar-refractivity contribution < 1.29 is 9.90 Å². The van der Waals surface area contributed by atoms with Crippen LogP contribution in [0, 0.1) is 5.92 Å². The number of likely N-dealkylation sites (tertiary alicyclic amines) is 1. The number of nitrogens with two attached hydrogens (primary N) is 1. The zero-order valence-electron chi connectivity index (χ0n) is 14.3. The molecule has 7 heteroatoms. The number of nitrogens with zero attached hydrogens (tertiary/aromatic N) is 4. The summed E-state index contributed by atoms with van der Waals surface area (Å²) in [6.45, 7) is 1.71. The van der Waals surface area contributed by atoms with E-state index in [9.17, 15) is 9.90 Å². The van der Waals surface area contributed by atoms with E-state index in [-0.39, 0.29) is 29.8 Å². The highest BCUT2D eigenvalue weighted by Gasteiger charge is 2.33. The zero-order valence-corrected chi connectivity index (χ0v) is 14.3. The first kappa shape index (κ1) is 16.3. The second-order valence-corrected chi connectivity index (χ2v) is 7.28. The van der Waals surface area contributed by atoms with Gasteiger partial charge in [0.15, 0.2) is 5.52 Å². The second-order valence-electron chi connectivity index (χ2n) is 7.28. The molecule has 2 fully saturated rings. The lowest BCUT2D eigenvalue weighted by atomic mass is 9.81. The SMILES string of the molecule is NC(C(=O)N1CCCC1)C1CCC(n2cc3nccnc3c2O)CC1. The first-order chi connectivity index (χ1) is 12.1. The highest BCUT2D eigenvalue weighted by atomic mass is 16.3. The number of aromatic hydroxyl groups is 1. The molecule has 134 valence electrons. The lowest BCUT2D eigenvalue weighted by molar-refractivity contribution is -0.133. The molecule has 1 aliphatic heterocycles. The van der Waals surface area contributed by atoms with Crippen molar-refractivity contribution in [2.24, 2.45) is 11.7 Å². The number of carbonyl (C=O) groups excluding carboxylic acids is 1. The number of hydrogen-bond donors (Lipinski definition) is 2. The van der Waals surface area contributed by atoms with Gasteiger partial charge < -0.3 is 20.3 Å². The molecule has 0 spiro atoms. The Labute approximate surface area is 146 Å². The summed E-state index contributed by atoms with van der Waals surface area (Å²) in [6.07, 6.45) is 10.9. The maximum Gasteiger partial charge on any atom is 0.239 e. The molecular formula is C18H25N5O2. The molecule has 0 bridgehead atoms. The summed E-state index contributed by atoms with van der Waals surface area (Å²) in [6, 6.07) is -0.180. The molecule has 1 atom stereocenters. The van der Waals surface area contributed by atoms with Crippen LogP contribution in [-0.4, -0.2) is 49.6 Å². The molecule has 3 heterocycles. The van der Waals surface area contributed by atoms with Gasteiger partial charge in [-0.05, 0) is 44.4 Å². The number of aromatic nitrogens is 3. The summed E-state index contributed by atoms with van der Waals surface area (Å²) in [5, 5.41) is 10.4. The Balaban J connectivity index is 1.42. The number of rotatable bonds is 3. The van der Waals surface area contributed by atoms with Crippen LogP contribution in [0.3, 0.4) is 0 Å². The van der Waals surface area contributed by atoms with Crippen LogP contribution in [0.2, 0.25) is 0 Å². The van der Waals surface area contributed by atoms with Gasteiger partial charge in [-0.3, -0.25) is 9.78 Å². The van der Waals surface area contributed by atoms with E-state index in [0.29, 0.717) is 11.0 Å². The molecule has 7 nitrogen and oxygen atoms in total. The van der Waals surface area contributed by atoms with E-state index < -0.39 is 0 Å². The fourth-order valence-corrected chi connectivity index (χ4v) is 4.30. The standard InChI is InChI=1S/C18H25N5O2/c19-15(17(24)22-9-1-2-10-22)12-3-5-13(6-4-12)23-11-14-16(18(23)25)21-8-7-20-14/h7-8,11-13,15,25H,1-6,9-10,19H2. The molecule has 0 radical (unpaired) electrons. The third-order valence-electron chi connectivity index (χ3n) is 5.79. The fourth-order valence-electron chi connectivity index (χ4n) is 4.30. The molecule has 2 aliphatic rings. The predicted octanol–water partition coefficient (Wildman–Crippen LogP) is 1.82. The van der Waals surface area contributed by atoms with E-state index in [1.807, 2.05) is 15.7 Å². The monoisotopic (exact) mass is 343 g/mol. The van der Waals surface area contributed by atoms with Crippen molar-refractivity contribution in [2.45, 2.75) is 50.6 Å². The molecule has 2 aromatic rings. The Morgan fingerprint density at radius 3 is 2.52 bits per heavy atom. The van der Waals surface area contributed by atoms with Crippen molar-refractivity contribution in [3.05, 3.63) is 18.6 Å². The molecule has 3 N–H and O–H groups in total. The summed E-state index contributed by atoms with van der Waals surface area (Å²) < 4.78 is 1.88. The summed E-state index contributed by atoms with van der Waals surface area (Å²) >= 11 is 0. The highest BCUT2D eigenvalue weighted by Crippen LogP contribution is 2.38. The zero-order chi connectivity index (χ0) is 17.4. The quantitative estimate of drug-likeness (QED) is 0.886. The van der Waals surface area contributed by atoms with Gasteiger partial charge in [0.2, 0.25) is 11.8 Å². The summed E-state index contributed by atoms with van der Waals surface area (Å²) in [7, 11) is 0. The van der Waals surface area contributed by atoms with Crippen LogP contribution in [0.4, 0.5) is 0 Å². The van der Waals surface area contributed by atoms with Crippen LogP contribution in [-0.2, 0) is 4.79 Å². The van der Waals surface area contributed by atoms with Crippen LogP contribution in [0.5, 0.6) is 5.88 Å². The van der Waals surface area contributed by atoms with E-state index in [1.54, 1.807) is 12.4 Å². The summed E-state index contributed by atoms with van der Waals surface area (Å²) in [5.41, 5.74) is 7.54. The van der Waals surface area contributed by atoms with Crippen LogP contribution in [0.25, 0.3) is 11.0 Å². The van der Waals surface area contributed by atoms with E-state index >= 15 is 0 Å². The van der Waals surface area contributed by atoms with Crippen molar-refractivity contribution in [1.82, 2.24) is 19.4 Å². The van der Waals surface area contributed by atoms with Gasteiger partial charge in [0.05, 0.1) is 6.04 Å². The largest absolute Gasteiger partial charge is 0.493 e. The Kier molecular flexibility index (Phi) is 4.33. The van der Waals surface area contributed by atoms with Gasteiger partial charge in [-0.1, -0.05) is 0 Å². The molecule has 4 rings (SSSR count). The minimum Gasteiger partial charge on any atom is -0.493 e. The minimum absolute atomic E-state index is 0.115. The molecule has 1 aliphatic carbocycles. The number of fused-ring (bicyclic) bond motifs is 1. The van der Waals surface area contributed by atoms with Gasteiger partial charge >= 0.3 is 0 Å². The van der Waals surface area contributed by atoms with Gasteiger partial charge in [-0.2, -0.15) is 0 Å². The first-order valence-electron chi connectivity index (χ1n) is 9.20. The maximum atomic E-state index is 12.5. The van der Waals surface area contributed by atoms with Crippen molar-refractivity contribution in [3.63, 3.8) is 0 Å². The van der Waals surface area contributed by atoms with Crippen LogP contribution < -0.4 is 5.73 Å². The van der Waals surface area contributed by atoms with Crippen molar-refractivity contribution >= 4 is 16.9 Å². The van der Waals surface area contributed by atoms with Crippen molar-refractivity contribution in [3.8, 4) is 5.88 Å². The lowest BCUT2D eigenvalue weighted by Crippen LogP contribution is -2.47. The molecule has 25 heavy (non-hydrogen) atoms. The fraction of sp³-hybridized carbons (Fsp3) is 0.611. The van der Waals surface area contributed by atoms with Crippen LogP contribution in [0.15, 0.2) is 18.6 Å². The Bertz CT molecular complexity index is 760.